The second-order valence-corrected chi connectivity index (χ2v) is 6.33. The molecule has 4 rings (SSSR count). The van der Waals surface area contributed by atoms with Crippen molar-refractivity contribution < 1.29 is 5.11 Å². The predicted octanol–water partition coefficient (Wildman–Crippen LogP) is 4.62. The van der Waals surface area contributed by atoms with Crippen LogP contribution in [0, 0.1) is 0 Å². The molecule has 3 heterocycles. The first-order valence-corrected chi connectivity index (χ1v) is 9.19. The number of imidazole rings is 1. The number of pyridine rings is 2. The van der Waals surface area contributed by atoms with E-state index in [2.05, 4.69) is 23.7 Å². The number of phenolic OH excluding ortho intramolecular Hbond substituents is 1. The van der Waals surface area contributed by atoms with Gasteiger partial charge in [0.2, 0.25) is 0 Å². The van der Waals surface area contributed by atoms with E-state index in [9.17, 15) is 5.11 Å². The maximum atomic E-state index is 10.7. The maximum Gasteiger partial charge on any atom is 0.149 e. The van der Waals surface area contributed by atoms with Gasteiger partial charge in [-0.15, -0.1) is 0 Å². The molecule has 0 saturated heterocycles. The molecule has 0 bridgehead atoms. The molecule has 5 nitrogen and oxygen atoms in total. The largest absolute Gasteiger partial charge is 0.507 e. The van der Waals surface area contributed by atoms with Crippen molar-refractivity contribution in [1.82, 2.24) is 14.4 Å². The van der Waals surface area contributed by atoms with E-state index >= 15 is 0 Å². The van der Waals surface area contributed by atoms with E-state index in [1.807, 2.05) is 65.2 Å². The second-order valence-electron chi connectivity index (χ2n) is 6.33. The fourth-order valence-electron chi connectivity index (χ4n) is 3.41. The predicted molar refractivity (Wildman–Crippen MR) is 109 cm³/mol. The number of aromatic hydroxyl groups is 1. The van der Waals surface area contributed by atoms with Gasteiger partial charge in [0.25, 0.3) is 0 Å². The maximum absolute atomic E-state index is 10.7. The van der Waals surface area contributed by atoms with E-state index in [1.165, 1.54) is 0 Å². The number of hydrogen-bond acceptors (Lipinski definition) is 4. The minimum Gasteiger partial charge on any atom is -0.507 e. The van der Waals surface area contributed by atoms with Gasteiger partial charge in [-0.1, -0.05) is 12.1 Å². The number of anilines is 1. The molecule has 1 N–H and O–H groups in total. The minimum atomic E-state index is 0.225. The van der Waals surface area contributed by atoms with E-state index in [0.29, 0.717) is 11.4 Å². The first-order chi connectivity index (χ1) is 13.2. The number of benzene rings is 1. The summed E-state index contributed by atoms with van der Waals surface area (Å²) in [5, 5.41) is 10.7. The van der Waals surface area contributed by atoms with Gasteiger partial charge in [-0.25, -0.2) is 4.98 Å². The summed E-state index contributed by atoms with van der Waals surface area (Å²) >= 11 is 0. The highest BCUT2D eigenvalue weighted by molar-refractivity contribution is 5.81. The Hall–Kier alpha value is -3.34. The van der Waals surface area contributed by atoms with E-state index in [0.717, 1.165) is 35.7 Å². The number of nitrogens with zero attached hydrogens (tertiary/aromatic N) is 4. The summed E-state index contributed by atoms with van der Waals surface area (Å²) in [6.45, 7) is 6.00. The van der Waals surface area contributed by atoms with Crippen LogP contribution in [0.4, 0.5) is 5.69 Å². The van der Waals surface area contributed by atoms with Crippen molar-refractivity contribution in [3.05, 3.63) is 67.0 Å². The molecular weight excluding hydrogens is 336 g/mol. The third-order valence-electron chi connectivity index (χ3n) is 4.81. The van der Waals surface area contributed by atoms with Gasteiger partial charge >= 0.3 is 0 Å². The number of phenols is 1. The van der Waals surface area contributed by atoms with Crippen LogP contribution in [0.5, 0.6) is 5.75 Å². The Morgan fingerprint density at radius 3 is 2.52 bits per heavy atom. The third kappa shape index (κ3) is 3.01. The van der Waals surface area contributed by atoms with Gasteiger partial charge in [-0.3, -0.25) is 9.38 Å². The molecular formula is C22H22N4O. The van der Waals surface area contributed by atoms with Crippen LogP contribution in [-0.4, -0.2) is 32.6 Å². The molecule has 5 heteroatoms. The molecule has 0 spiro atoms. The van der Waals surface area contributed by atoms with E-state index in [1.54, 1.807) is 6.20 Å². The monoisotopic (exact) mass is 358 g/mol. The highest BCUT2D eigenvalue weighted by Gasteiger charge is 2.17. The van der Waals surface area contributed by atoms with Crippen LogP contribution in [0.3, 0.4) is 0 Å². The molecule has 0 unspecified atom stereocenters. The van der Waals surface area contributed by atoms with Gasteiger partial charge in [-0.2, -0.15) is 0 Å². The summed E-state index contributed by atoms with van der Waals surface area (Å²) in [6.07, 6.45) is 3.72. The lowest BCUT2D eigenvalue weighted by molar-refractivity contribution is 0.477. The molecule has 136 valence electrons. The van der Waals surface area contributed by atoms with Crippen LogP contribution >= 0.6 is 0 Å². The second kappa shape index (κ2) is 7.11. The number of aromatic nitrogens is 3. The summed E-state index contributed by atoms with van der Waals surface area (Å²) in [5.74, 6) is 0.928. The quantitative estimate of drug-likeness (QED) is 0.566. The summed E-state index contributed by atoms with van der Waals surface area (Å²) in [4.78, 5) is 11.5. The van der Waals surface area contributed by atoms with Gasteiger partial charge in [0.1, 0.15) is 17.3 Å². The van der Waals surface area contributed by atoms with Crippen LogP contribution in [0.15, 0.2) is 67.0 Å². The Morgan fingerprint density at radius 1 is 1.00 bits per heavy atom. The molecule has 0 amide bonds. The lowest BCUT2D eigenvalue weighted by Crippen LogP contribution is -2.21. The van der Waals surface area contributed by atoms with E-state index < -0.39 is 0 Å². The van der Waals surface area contributed by atoms with Gasteiger partial charge in [0.05, 0.1) is 16.8 Å². The highest BCUT2D eigenvalue weighted by Crippen LogP contribution is 2.35. The molecule has 0 saturated carbocycles. The van der Waals surface area contributed by atoms with Gasteiger partial charge in [0.15, 0.2) is 0 Å². The van der Waals surface area contributed by atoms with Gasteiger partial charge in [-0.05, 0) is 50.2 Å². The summed E-state index contributed by atoms with van der Waals surface area (Å²) in [6, 6.07) is 17.5. The molecule has 0 fully saturated rings. The standard InChI is InChI=1S/C22H22N4O/c1-3-25(4-2)16-11-12-17(20(27)15-16)22-24-21(18-9-5-7-13-23-18)19-10-6-8-14-26(19)22/h5-15,27H,3-4H2,1-2H3. The van der Waals surface area contributed by atoms with Crippen LogP contribution in [0.2, 0.25) is 0 Å². The Bertz CT molecular complexity index is 1070. The van der Waals surface area contributed by atoms with Crippen LogP contribution < -0.4 is 4.90 Å². The molecule has 0 aliphatic carbocycles. The van der Waals surface area contributed by atoms with Crippen molar-refractivity contribution in [2.75, 3.05) is 18.0 Å². The van der Waals surface area contributed by atoms with Gasteiger partial charge in [0, 0.05) is 37.2 Å². The zero-order valence-corrected chi connectivity index (χ0v) is 15.5. The van der Waals surface area contributed by atoms with Crippen molar-refractivity contribution in [3.8, 4) is 28.5 Å². The zero-order valence-electron chi connectivity index (χ0n) is 15.5. The molecule has 27 heavy (non-hydrogen) atoms. The van der Waals surface area contributed by atoms with Crippen LogP contribution in [0.1, 0.15) is 13.8 Å². The molecule has 4 aromatic rings. The Labute approximate surface area is 158 Å². The normalized spacial score (nSPS) is 11.0. The first-order valence-electron chi connectivity index (χ1n) is 9.19. The SMILES string of the molecule is CCN(CC)c1ccc(-c2nc(-c3ccccn3)c3ccccn23)c(O)c1. The smallest absolute Gasteiger partial charge is 0.149 e. The number of hydrogen-bond donors (Lipinski definition) is 1. The molecule has 0 atom stereocenters. The molecule has 1 aromatic carbocycles. The Morgan fingerprint density at radius 2 is 1.81 bits per heavy atom. The van der Waals surface area contributed by atoms with Crippen molar-refractivity contribution in [2.24, 2.45) is 0 Å². The Balaban J connectivity index is 1.88. The fraction of sp³-hybridized carbons (Fsp3) is 0.182. The van der Waals surface area contributed by atoms with Crippen molar-refractivity contribution in [2.45, 2.75) is 13.8 Å². The highest BCUT2D eigenvalue weighted by atomic mass is 16.3. The average Bonchev–Trinajstić information content (AvgIpc) is 3.09. The fourth-order valence-corrected chi connectivity index (χ4v) is 3.41. The minimum absolute atomic E-state index is 0.225. The topological polar surface area (TPSA) is 53.7 Å². The van der Waals surface area contributed by atoms with Crippen LogP contribution in [-0.2, 0) is 0 Å². The summed E-state index contributed by atoms with van der Waals surface area (Å²) in [5.41, 5.74) is 4.28. The van der Waals surface area contributed by atoms with Crippen LogP contribution in [0.25, 0.3) is 28.3 Å². The first kappa shape index (κ1) is 17.1. The average molecular weight is 358 g/mol. The molecule has 0 aliphatic rings. The summed E-state index contributed by atoms with van der Waals surface area (Å²) < 4.78 is 2.00. The lowest BCUT2D eigenvalue weighted by Gasteiger charge is -2.21. The molecule has 0 radical (unpaired) electrons. The van der Waals surface area contributed by atoms with E-state index in [4.69, 9.17) is 4.98 Å². The zero-order chi connectivity index (χ0) is 18.8. The Kier molecular flexibility index (Phi) is 4.50. The van der Waals surface area contributed by atoms with Crippen molar-refractivity contribution in [3.63, 3.8) is 0 Å². The molecule has 0 aliphatic heterocycles. The molecule has 3 aromatic heterocycles. The summed E-state index contributed by atoms with van der Waals surface area (Å²) in [7, 11) is 0. The van der Waals surface area contributed by atoms with Gasteiger partial charge < -0.3 is 10.0 Å². The number of rotatable bonds is 5. The lowest BCUT2D eigenvalue weighted by atomic mass is 10.1. The van der Waals surface area contributed by atoms with Crippen molar-refractivity contribution in [1.29, 1.82) is 0 Å². The van der Waals surface area contributed by atoms with Crippen molar-refractivity contribution >= 4 is 11.2 Å². The third-order valence-corrected chi connectivity index (χ3v) is 4.81. The van der Waals surface area contributed by atoms with E-state index in [-0.39, 0.29) is 5.75 Å². The number of fused-ring (bicyclic) bond motifs is 1.